The van der Waals surface area contributed by atoms with Crippen LogP contribution in [-0.2, 0) is 9.53 Å². The Kier molecular flexibility index (Phi) is 4.89. The zero-order valence-corrected chi connectivity index (χ0v) is 11.2. The third kappa shape index (κ3) is 4.01. The number of carbonyl (C=O) groups excluding carboxylic acids is 1. The molecular weight excluding hydrogens is 278 g/mol. The Morgan fingerprint density at radius 1 is 1.67 bits per heavy atom. The van der Waals surface area contributed by atoms with Gasteiger partial charge in [0.05, 0.1) is 12.6 Å². The fourth-order valence-electron chi connectivity index (χ4n) is 1.19. The van der Waals surface area contributed by atoms with Gasteiger partial charge in [0.15, 0.2) is 0 Å². The number of thiol groups is 1. The number of rotatable bonds is 4. The number of allylic oxidation sites excluding steroid dienone is 1. The van der Waals surface area contributed by atoms with Crippen LogP contribution in [0.1, 0.15) is 13.8 Å². The van der Waals surface area contributed by atoms with Crippen LogP contribution in [0, 0.1) is 0 Å². The maximum absolute atomic E-state index is 11.1. The van der Waals surface area contributed by atoms with Gasteiger partial charge >= 0.3 is 5.97 Å². The maximum atomic E-state index is 11.1. The van der Waals surface area contributed by atoms with Gasteiger partial charge in [0.2, 0.25) is 0 Å². The topological polar surface area (TPSA) is 29.3 Å². The number of ether oxygens (including phenoxy) is 1. The quantitative estimate of drug-likeness (QED) is 0.215. The van der Waals surface area contributed by atoms with Crippen molar-refractivity contribution in [2.75, 3.05) is 13.2 Å². The molecule has 2 atom stereocenters. The maximum Gasteiger partial charge on any atom is 0.330 e. The van der Waals surface area contributed by atoms with Crippen molar-refractivity contribution < 1.29 is 9.53 Å². The van der Waals surface area contributed by atoms with E-state index in [1.165, 1.54) is 6.08 Å². The minimum absolute atomic E-state index is 0.314. The molecule has 1 saturated heterocycles. The van der Waals surface area contributed by atoms with E-state index in [4.69, 9.17) is 4.74 Å². The highest BCUT2D eigenvalue weighted by Gasteiger charge is 2.34. The molecule has 1 fully saturated rings. The average Bonchev–Trinajstić information content (AvgIpc) is 2.83. The van der Waals surface area contributed by atoms with Crippen molar-refractivity contribution in [1.29, 1.82) is 0 Å². The van der Waals surface area contributed by atoms with Gasteiger partial charge in [-0.3, -0.25) is 0 Å². The van der Waals surface area contributed by atoms with Gasteiger partial charge in [-0.25, -0.2) is 8.72 Å². The largest absolute Gasteiger partial charge is 0.463 e. The number of carbonyl (C=O) groups is 1. The molecule has 15 heavy (non-hydrogen) atoms. The highest BCUT2D eigenvalue weighted by atomic mass is 79.9. The molecule has 3 nitrogen and oxygen atoms in total. The molecule has 1 heterocycles. The molecule has 1 aliphatic rings. The first kappa shape index (κ1) is 12.8. The molecule has 0 amide bonds. The van der Waals surface area contributed by atoms with Gasteiger partial charge in [-0.05, 0) is 30.4 Å². The van der Waals surface area contributed by atoms with E-state index < -0.39 is 0 Å². The van der Waals surface area contributed by atoms with Gasteiger partial charge in [0, 0.05) is 28.8 Å². The molecule has 0 saturated carbocycles. The van der Waals surface area contributed by atoms with Crippen LogP contribution in [0.3, 0.4) is 0 Å². The molecule has 0 radical (unpaired) electrons. The fraction of sp³-hybridized carbons (Fsp3) is 0.500. The molecule has 0 N–H and O–H groups in total. The normalized spacial score (nSPS) is 26.4. The molecule has 0 bridgehead atoms. The minimum Gasteiger partial charge on any atom is -0.463 e. The second-order valence-electron chi connectivity index (χ2n) is 3.22. The lowest BCUT2D eigenvalue weighted by Crippen LogP contribution is -2.01. The van der Waals surface area contributed by atoms with Crippen LogP contribution in [0.4, 0.5) is 0 Å². The summed E-state index contributed by atoms with van der Waals surface area (Å²) in [5.74, 6) is -0.314. The Morgan fingerprint density at radius 2 is 2.27 bits per heavy atom. The third-order valence-corrected chi connectivity index (χ3v) is 3.06. The van der Waals surface area contributed by atoms with E-state index in [0.29, 0.717) is 12.6 Å². The van der Waals surface area contributed by atoms with Crippen molar-refractivity contribution in [2.45, 2.75) is 19.9 Å². The summed E-state index contributed by atoms with van der Waals surface area (Å²) in [6.45, 7) is 5.04. The summed E-state index contributed by atoms with van der Waals surface area (Å²) in [5.41, 5.74) is 1.04. The van der Waals surface area contributed by atoms with Gasteiger partial charge in [0.1, 0.15) is 0 Å². The summed E-state index contributed by atoms with van der Waals surface area (Å²) in [7, 11) is 0. The molecule has 0 spiro atoms. The molecule has 1 rings (SSSR count). The van der Waals surface area contributed by atoms with Crippen molar-refractivity contribution in [3.05, 3.63) is 22.6 Å². The smallest absolute Gasteiger partial charge is 0.330 e. The Bertz CT molecular complexity index is 311. The molecule has 0 aromatic rings. The van der Waals surface area contributed by atoms with E-state index in [1.54, 1.807) is 13.0 Å². The summed E-state index contributed by atoms with van der Waals surface area (Å²) in [6, 6.07) is 0.327. The first-order chi connectivity index (χ1) is 7.06. The van der Waals surface area contributed by atoms with Gasteiger partial charge in [0.25, 0.3) is 0 Å². The van der Waals surface area contributed by atoms with Crippen LogP contribution in [0.2, 0.25) is 0 Å². The van der Waals surface area contributed by atoms with Crippen LogP contribution in [0.5, 0.6) is 0 Å². The van der Waals surface area contributed by atoms with Crippen LogP contribution >= 0.6 is 28.8 Å². The lowest BCUT2D eigenvalue weighted by Gasteiger charge is -2.01. The Hall–Kier alpha value is -0.260. The van der Waals surface area contributed by atoms with E-state index in [9.17, 15) is 4.79 Å². The van der Waals surface area contributed by atoms with E-state index in [-0.39, 0.29) is 5.97 Å². The van der Waals surface area contributed by atoms with Crippen molar-refractivity contribution >= 4 is 34.7 Å². The van der Waals surface area contributed by atoms with Gasteiger partial charge in [-0.1, -0.05) is 0 Å². The Morgan fingerprint density at radius 3 is 2.67 bits per heavy atom. The predicted molar refractivity (Wildman–Crippen MR) is 66.9 cm³/mol. The zero-order chi connectivity index (χ0) is 11.4. The predicted octanol–water partition coefficient (Wildman–Crippen LogP) is 2.30. The minimum atomic E-state index is -0.314. The highest BCUT2D eigenvalue weighted by Crippen LogP contribution is 2.32. The molecule has 0 aromatic heterocycles. The molecule has 5 heteroatoms. The lowest BCUT2D eigenvalue weighted by atomic mass is 10.1. The molecule has 2 unspecified atom stereocenters. The molecule has 0 aromatic carbocycles. The standard InChI is InChI=1S/C10H14BrNO2S/c1-3-14-10(13)5-4-8(7(2)15)9-6-12(9)11/h4-5,9,15H,3,6H2,1-2H3/b5-4+,8-7+. The molecule has 84 valence electrons. The second-order valence-corrected chi connectivity index (χ2v) is 4.81. The summed E-state index contributed by atoms with van der Waals surface area (Å²) < 4.78 is 6.80. The van der Waals surface area contributed by atoms with E-state index in [0.717, 1.165) is 17.0 Å². The zero-order valence-electron chi connectivity index (χ0n) is 8.74. The number of hydrogen-bond donors (Lipinski definition) is 1. The first-order valence-electron chi connectivity index (χ1n) is 4.73. The van der Waals surface area contributed by atoms with Crippen molar-refractivity contribution in [2.24, 2.45) is 0 Å². The van der Waals surface area contributed by atoms with Crippen LogP contribution in [0.25, 0.3) is 0 Å². The van der Waals surface area contributed by atoms with Crippen LogP contribution < -0.4 is 0 Å². The molecule has 0 aliphatic carbocycles. The third-order valence-electron chi connectivity index (χ3n) is 2.01. The Labute approximate surface area is 104 Å². The SMILES string of the molecule is CCOC(=O)/C=C/C(=C(/C)S)C1CN1Br. The van der Waals surface area contributed by atoms with Gasteiger partial charge in [-0.15, -0.1) is 12.6 Å². The average molecular weight is 292 g/mol. The highest BCUT2D eigenvalue weighted by molar-refractivity contribution is 9.07. The molecular formula is C10H14BrNO2S. The van der Waals surface area contributed by atoms with E-state index in [1.807, 2.05) is 10.8 Å². The lowest BCUT2D eigenvalue weighted by molar-refractivity contribution is -0.137. The van der Waals surface area contributed by atoms with Crippen LogP contribution in [-0.4, -0.2) is 29.1 Å². The first-order valence-corrected chi connectivity index (χ1v) is 5.89. The van der Waals surface area contributed by atoms with E-state index >= 15 is 0 Å². The number of halogens is 1. The summed E-state index contributed by atoms with van der Waals surface area (Å²) in [4.78, 5) is 12.0. The van der Waals surface area contributed by atoms with Crippen molar-refractivity contribution in [3.63, 3.8) is 0 Å². The van der Waals surface area contributed by atoms with Gasteiger partial charge < -0.3 is 4.74 Å². The van der Waals surface area contributed by atoms with Crippen molar-refractivity contribution in [1.82, 2.24) is 3.93 Å². The fourth-order valence-corrected chi connectivity index (χ4v) is 1.91. The number of esters is 1. The van der Waals surface area contributed by atoms with Gasteiger partial charge in [-0.2, -0.15) is 0 Å². The van der Waals surface area contributed by atoms with E-state index in [2.05, 4.69) is 28.8 Å². The van der Waals surface area contributed by atoms with Crippen LogP contribution in [0.15, 0.2) is 22.6 Å². The number of hydrogen-bond acceptors (Lipinski definition) is 4. The summed E-state index contributed by atoms with van der Waals surface area (Å²) in [5, 5.41) is 0. The van der Waals surface area contributed by atoms with Crippen molar-refractivity contribution in [3.8, 4) is 0 Å². The number of nitrogens with zero attached hydrogens (tertiary/aromatic N) is 1. The Balaban J connectivity index is 2.61. The summed E-state index contributed by atoms with van der Waals surface area (Å²) >= 11 is 7.67. The summed E-state index contributed by atoms with van der Waals surface area (Å²) in [6.07, 6.45) is 3.21. The molecule has 1 aliphatic heterocycles. The second kappa shape index (κ2) is 5.72. The monoisotopic (exact) mass is 291 g/mol.